The number of nitrogens with two attached hydrogens (primary N) is 2. The minimum atomic E-state index is -0.988. The predicted octanol–water partition coefficient (Wildman–Crippen LogP) is 6.17. The third-order valence-electron chi connectivity index (χ3n) is 5.92. The van der Waals surface area contributed by atoms with Gasteiger partial charge in [-0.2, -0.15) is 0 Å². The quantitative estimate of drug-likeness (QED) is 0.0971. The van der Waals surface area contributed by atoms with E-state index in [2.05, 4.69) is 22.3 Å². The maximum Gasteiger partial charge on any atom is 0.337 e. The SMILES string of the molecule is Cc1cc2ccccc2c(-c2ccccc2)c1O.Nc1ccccc1C(=O)O.Nc1ccccc1O.O=c1cc[nH][nH]1. The Morgan fingerprint density at radius 3 is 1.83 bits per heavy atom. The molecule has 0 saturated heterocycles. The van der Waals surface area contributed by atoms with Gasteiger partial charge in [0.25, 0.3) is 5.56 Å². The minimum Gasteiger partial charge on any atom is -0.507 e. The van der Waals surface area contributed by atoms with Crippen molar-refractivity contribution in [1.29, 1.82) is 0 Å². The summed E-state index contributed by atoms with van der Waals surface area (Å²) in [5.41, 5.74) is 14.3. The Kier molecular flexibility index (Phi) is 10.9. The molecular formula is C33H32N4O5. The van der Waals surface area contributed by atoms with Crippen LogP contribution in [0, 0.1) is 6.92 Å². The molecule has 42 heavy (non-hydrogen) atoms. The summed E-state index contributed by atoms with van der Waals surface area (Å²) < 4.78 is 0. The number of aryl methyl sites for hydroxylation is 1. The molecule has 0 saturated carbocycles. The summed E-state index contributed by atoms with van der Waals surface area (Å²) in [6.45, 7) is 1.94. The van der Waals surface area contributed by atoms with Gasteiger partial charge in [-0.1, -0.05) is 78.9 Å². The number of para-hydroxylation sites is 3. The van der Waals surface area contributed by atoms with Gasteiger partial charge < -0.3 is 31.9 Å². The Morgan fingerprint density at radius 2 is 1.33 bits per heavy atom. The normalized spacial score (nSPS) is 9.74. The molecule has 9 N–H and O–H groups in total. The van der Waals surface area contributed by atoms with Crippen LogP contribution >= 0.6 is 0 Å². The maximum atomic E-state index is 10.3. The number of hydrogen-bond donors (Lipinski definition) is 7. The Bertz CT molecular complexity index is 1760. The lowest BCUT2D eigenvalue weighted by Gasteiger charge is -2.12. The molecule has 0 fully saturated rings. The molecule has 0 aliphatic heterocycles. The highest BCUT2D eigenvalue weighted by atomic mass is 16.4. The molecule has 0 aliphatic rings. The number of benzene rings is 5. The number of carbonyl (C=O) groups is 1. The number of nitrogens with one attached hydrogen (secondary N) is 2. The van der Waals surface area contributed by atoms with E-state index >= 15 is 0 Å². The summed E-state index contributed by atoms with van der Waals surface area (Å²) in [4.78, 5) is 20.3. The number of phenolic OH excluding ortho intramolecular Hbond substituents is 2. The number of aromatic nitrogens is 2. The molecule has 6 aromatic rings. The van der Waals surface area contributed by atoms with Gasteiger partial charge in [-0.15, -0.1) is 0 Å². The number of carboxylic acid groups (broad SMARTS) is 1. The van der Waals surface area contributed by atoms with E-state index in [1.54, 1.807) is 48.7 Å². The minimum absolute atomic E-state index is 0.0880. The van der Waals surface area contributed by atoms with Gasteiger partial charge in [0.15, 0.2) is 0 Å². The van der Waals surface area contributed by atoms with Crippen LogP contribution in [0.3, 0.4) is 0 Å². The molecule has 0 bridgehead atoms. The van der Waals surface area contributed by atoms with Crippen LogP contribution in [0.2, 0.25) is 0 Å². The van der Waals surface area contributed by atoms with Crippen molar-refractivity contribution in [2.75, 3.05) is 11.5 Å². The Hall–Kier alpha value is -5.96. The van der Waals surface area contributed by atoms with Crippen molar-refractivity contribution in [3.63, 3.8) is 0 Å². The van der Waals surface area contributed by atoms with Crippen LogP contribution in [0.4, 0.5) is 11.4 Å². The van der Waals surface area contributed by atoms with Gasteiger partial charge in [0.1, 0.15) is 11.5 Å². The fourth-order valence-corrected chi connectivity index (χ4v) is 3.83. The largest absolute Gasteiger partial charge is 0.507 e. The fraction of sp³-hybridized carbons (Fsp3) is 0.0303. The average molecular weight is 565 g/mol. The van der Waals surface area contributed by atoms with Gasteiger partial charge in [0.05, 0.1) is 11.3 Å². The van der Waals surface area contributed by atoms with E-state index in [1.165, 1.54) is 12.1 Å². The van der Waals surface area contributed by atoms with Gasteiger partial charge in [-0.3, -0.25) is 9.89 Å². The first-order valence-corrected chi connectivity index (χ1v) is 12.8. The van der Waals surface area contributed by atoms with Crippen molar-refractivity contribution < 1.29 is 20.1 Å². The van der Waals surface area contributed by atoms with Gasteiger partial charge in [0.2, 0.25) is 0 Å². The summed E-state index contributed by atoms with van der Waals surface area (Å²) in [6, 6.07) is 34.7. The standard InChI is InChI=1S/C17H14O.C7H7NO2.C6H7NO.C3H4N2O/c1-12-11-14-9-5-6-10-15(14)16(17(12)18)13-7-3-2-4-8-13;8-6-4-2-1-3-5(6)7(9)10;7-5-3-1-2-4-6(5)8;6-3-1-2-4-5-3/h2-11,18H,1H3;1-4H,8H2,(H,9,10);1-4,8H,7H2;1-2H,(H2,4,5,6). The second-order valence-electron chi connectivity index (χ2n) is 8.92. The number of aromatic amines is 2. The second-order valence-corrected chi connectivity index (χ2v) is 8.92. The highest BCUT2D eigenvalue weighted by Crippen LogP contribution is 2.38. The van der Waals surface area contributed by atoms with Crippen LogP contribution in [-0.4, -0.2) is 31.5 Å². The molecule has 214 valence electrons. The lowest BCUT2D eigenvalue weighted by Crippen LogP contribution is -2.00. The van der Waals surface area contributed by atoms with E-state index in [0.29, 0.717) is 17.1 Å². The van der Waals surface area contributed by atoms with Crippen LogP contribution in [-0.2, 0) is 0 Å². The van der Waals surface area contributed by atoms with Crippen LogP contribution < -0.4 is 17.0 Å². The second kappa shape index (κ2) is 15.0. The van der Waals surface area contributed by atoms with Crippen molar-refractivity contribution in [2.45, 2.75) is 6.92 Å². The molecule has 5 aromatic carbocycles. The predicted molar refractivity (Wildman–Crippen MR) is 168 cm³/mol. The molecule has 0 radical (unpaired) electrons. The smallest absolute Gasteiger partial charge is 0.337 e. The average Bonchev–Trinajstić information content (AvgIpc) is 3.48. The Morgan fingerprint density at radius 1 is 0.738 bits per heavy atom. The molecule has 1 aromatic heterocycles. The van der Waals surface area contributed by atoms with Crippen LogP contribution in [0.15, 0.2) is 126 Å². The van der Waals surface area contributed by atoms with Crippen LogP contribution in [0.5, 0.6) is 11.5 Å². The number of H-pyrrole nitrogens is 2. The summed E-state index contributed by atoms with van der Waals surface area (Å²) in [5.74, 6) is -0.467. The maximum absolute atomic E-state index is 10.3. The number of fused-ring (bicyclic) bond motifs is 1. The highest BCUT2D eigenvalue weighted by molar-refractivity contribution is 6.00. The third-order valence-corrected chi connectivity index (χ3v) is 5.92. The van der Waals surface area contributed by atoms with Gasteiger partial charge in [0, 0.05) is 23.5 Å². The molecule has 0 unspecified atom stereocenters. The first-order valence-electron chi connectivity index (χ1n) is 12.8. The first-order chi connectivity index (χ1) is 20.2. The number of aromatic carboxylic acids is 1. The third kappa shape index (κ3) is 8.52. The highest BCUT2D eigenvalue weighted by Gasteiger charge is 2.11. The Balaban J connectivity index is 0.000000170. The number of carboxylic acids is 1. The molecule has 6 rings (SSSR count). The van der Waals surface area contributed by atoms with E-state index in [-0.39, 0.29) is 16.9 Å². The van der Waals surface area contributed by atoms with E-state index in [0.717, 1.165) is 27.5 Å². The number of aromatic hydroxyl groups is 2. The van der Waals surface area contributed by atoms with Crippen LogP contribution in [0.25, 0.3) is 21.9 Å². The van der Waals surface area contributed by atoms with Crippen molar-refractivity contribution >= 4 is 28.1 Å². The van der Waals surface area contributed by atoms with E-state index in [9.17, 15) is 14.7 Å². The molecule has 9 nitrogen and oxygen atoms in total. The van der Waals surface area contributed by atoms with Gasteiger partial charge in [-0.25, -0.2) is 4.79 Å². The monoisotopic (exact) mass is 564 g/mol. The van der Waals surface area contributed by atoms with E-state index < -0.39 is 5.97 Å². The number of phenols is 2. The summed E-state index contributed by atoms with van der Waals surface area (Å²) in [5, 5.41) is 34.7. The zero-order valence-corrected chi connectivity index (χ0v) is 22.9. The lowest BCUT2D eigenvalue weighted by molar-refractivity contribution is 0.0698. The lowest BCUT2D eigenvalue weighted by atomic mass is 9.95. The number of nitrogen functional groups attached to an aromatic ring is 2. The molecule has 0 atom stereocenters. The van der Waals surface area contributed by atoms with Gasteiger partial charge in [-0.05, 0) is 59.2 Å². The number of anilines is 2. The molecule has 0 aliphatic carbocycles. The molecule has 9 heteroatoms. The number of hydrogen-bond acceptors (Lipinski definition) is 6. The summed E-state index contributed by atoms with van der Waals surface area (Å²) >= 11 is 0. The Labute approximate surface area is 242 Å². The molecular weight excluding hydrogens is 532 g/mol. The fourth-order valence-electron chi connectivity index (χ4n) is 3.83. The first kappa shape index (κ1) is 30.6. The summed E-state index contributed by atoms with van der Waals surface area (Å²) in [6.07, 6.45) is 1.54. The molecule has 0 spiro atoms. The van der Waals surface area contributed by atoms with Gasteiger partial charge >= 0.3 is 5.97 Å². The zero-order chi connectivity index (χ0) is 30.5. The summed E-state index contributed by atoms with van der Waals surface area (Å²) in [7, 11) is 0. The van der Waals surface area contributed by atoms with E-state index in [1.807, 2.05) is 55.5 Å². The molecule has 1 heterocycles. The van der Waals surface area contributed by atoms with E-state index in [4.69, 9.17) is 21.7 Å². The van der Waals surface area contributed by atoms with Crippen molar-refractivity contribution in [1.82, 2.24) is 10.2 Å². The molecule has 0 amide bonds. The van der Waals surface area contributed by atoms with Crippen molar-refractivity contribution in [2.24, 2.45) is 0 Å². The van der Waals surface area contributed by atoms with Crippen molar-refractivity contribution in [3.8, 4) is 22.6 Å². The van der Waals surface area contributed by atoms with Crippen molar-refractivity contribution in [3.05, 3.63) is 143 Å². The number of rotatable bonds is 2. The topological polar surface area (TPSA) is 178 Å². The van der Waals surface area contributed by atoms with Crippen LogP contribution in [0.1, 0.15) is 15.9 Å². The zero-order valence-electron chi connectivity index (χ0n) is 22.9.